The summed E-state index contributed by atoms with van der Waals surface area (Å²) in [5.74, 6) is 2.42. The van der Waals surface area contributed by atoms with E-state index in [9.17, 15) is 0 Å². The Morgan fingerprint density at radius 3 is 2.28 bits per heavy atom. The Hall–Kier alpha value is -1.02. The monoisotopic (exact) mass is 245 g/mol. The number of ether oxygens (including phenoxy) is 1. The summed E-state index contributed by atoms with van der Waals surface area (Å²) in [6.45, 7) is 0.771. The lowest BCUT2D eigenvalue weighted by molar-refractivity contribution is 0.210. The molecule has 18 heavy (non-hydrogen) atoms. The third-order valence-electron chi connectivity index (χ3n) is 4.36. The first-order valence-corrected chi connectivity index (χ1v) is 7.33. The van der Waals surface area contributed by atoms with Crippen molar-refractivity contribution < 1.29 is 4.74 Å². The molecule has 0 heterocycles. The topological polar surface area (TPSA) is 35.2 Å². The van der Waals surface area contributed by atoms with E-state index in [1.165, 1.54) is 44.1 Å². The first kappa shape index (κ1) is 12.0. The minimum Gasteiger partial charge on any atom is -0.490 e. The van der Waals surface area contributed by atoms with Crippen LogP contribution in [0, 0.1) is 5.92 Å². The summed E-state index contributed by atoms with van der Waals surface area (Å²) in [4.78, 5) is 0. The second-order valence-electron chi connectivity index (χ2n) is 5.77. The molecule has 2 fully saturated rings. The molecule has 0 spiro atoms. The fourth-order valence-corrected chi connectivity index (χ4v) is 3.09. The zero-order valence-corrected chi connectivity index (χ0v) is 11.0. The van der Waals surface area contributed by atoms with Crippen molar-refractivity contribution >= 4 is 0 Å². The van der Waals surface area contributed by atoms with Gasteiger partial charge in [0.2, 0.25) is 0 Å². The molecule has 0 bridgehead atoms. The summed E-state index contributed by atoms with van der Waals surface area (Å²) in [6, 6.07) is 8.66. The van der Waals surface area contributed by atoms with Crippen molar-refractivity contribution in [3.05, 3.63) is 29.8 Å². The van der Waals surface area contributed by atoms with Crippen LogP contribution in [0.4, 0.5) is 0 Å². The van der Waals surface area contributed by atoms with Gasteiger partial charge in [-0.25, -0.2) is 0 Å². The largest absolute Gasteiger partial charge is 0.490 e. The SMILES string of the molecule is NCC(c1ccc(OC2CCCC2)cc1)C1CC1. The Bertz CT molecular complexity index is 377. The average molecular weight is 245 g/mol. The number of rotatable bonds is 5. The summed E-state index contributed by atoms with van der Waals surface area (Å²) in [5.41, 5.74) is 7.27. The summed E-state index contributed by atoms with van der Waals surface area (Å²) in [7, 11) is 0. The van der Waals surface area contributed by atoms with Crippen molar-refractivity contribution in [3.63, 3.8) is 0 Å². The van der Waals surface area contributed by atoms with Gasteiger partial charge < -0.3 is 10.5 Å². The van der Waals surface area contributed by atoms with Crippen LogP contribution in [0.15, 0.2) is 24.3 Å². The first-order valence-electron chi connectivity index (χ1n) is 7.33. The van der Waals surface area contributed by atoms with Crippen molar-refractivity contribution in [1.82, 2.24) is 0 Å². The Kier molecular flexibility index (Phi) is 3.55. The quantitative estimate of drug-likeness (QED) is 0.862. The van der Waals surface area contributed by atoms with Crippen molar-refractivity contribution in [2.45, 2.75) is 50.5 Å². The zero-order valence-electron chi connectivity index (χ0n) is 11.0. The summed E-state index contributed by atoms with van der Waals surface area (Å²) in [5, 5.41) is 0. The Balaban J connectivity index is 1.64. The molecule has 0 amide bonds. The van der Waals surface area contributed by atoms with Crippen molar-refractivity contribution in [3.8, 4) is 5.75 Å². The number of nitrogens with two attached hydrogens (primary N) is 1. The van der Waals surface area contributed by atoms with Crippen LogP contribution < -0.4 is 10.5 Å². The molecule has 2 aliphatic rings. The molecule has 2 nitrogen and oxygen atoms in total. The highest BCUT2D eigenvalue weighted by Gasteiger charge is 2.31. The highest BCUT2D eigenvalue weighted by Crippen LogP contribution is 2.42. The fraction of sp³-hybridized carbons (Fsp3) is 0.625. The minimum absolute atomic E-state index is 0.449. The van der Waals surface area contributed by atoms with Gasteiger partial charge in [-0.05, 0) is 74.6 Å². The predicted molar refractivity (Wildman–Crippen MR) is 73.8 cm³/mol. The first-order chi connectivity index (χ1) is 8.86. The van der Waals surface area contributed by atoms with E-state index in [1.807, 2.05) is 0 Å². The van der Waals surface area contributed by atoms with Gasteiger partial charge in [0, 0.05) is 0 Å². The highest BCUT2D eigenvalue weighted by molar-refractivity contribution is 5.31. The average Bonchev–Trinajstić information content (AvgIpc) is 3.10. The standard InChI is InChI=1S/C16H23NO/c17-11-16(12-5-6-12)13-7-9-15(10-8-13)18-14-3-1-2-4-14/h7-10,12,14,16H,1-6,11,17H2. The Morgan fingerprint density at radius 1 is 1.06 bits per heavy atom. The molecule has 0 saturated heterocycles. The molecule has 3 rings (SSSR count). The summed E-state index contributed by atoms with van der Waals surface area (Å²) in [6.07, 6.45) is 8.22. The number of hydrogen-bond donors (Lipinski definition) is 1. The molecule has 0 aliphatic heterocycles. The maximum absolute atomic E-state index is 5.99. The van der Waals surface area contributed by atoms with E-state index in [1.54, 1.807) is 0 Å². The second kappa shape index (κ2) is 5.31. The Labute approximate surface area is 110 Å². The van der Waals surface area contributed by atoms with Crippen molar-refractivity contribution in [2.75, 3.05) is 6.54 Å². The van der Waals surface area contributed by atoms with E-state index in [4.69, 9.17) is 10.5 Å². The van der Waals surface area contributed by atoms with Crippen LogP contribution in [0.3, 0.4) is 0 Å². The van der Waals surface area contributed by atoms with Crippen LogP contribution in [0.25, 0.3) is 0 Å². The van der Waals surface area contributed by atoms with Gasteiger partial charge in [-0.2, -0.15) is 0 Å². The third kappa shape index (κ3) is 2.69. The van der Waals surface area contributed by atoms with E-state index < -0.39 is 0 Å². The minimum atomic E-state index is 0.449. The van der Waals surface area contributed by atoms with E-state index in [2.05, 4.69) is 24.3 Å². The lowest BCUT2D eigenvalue weighted by Crippen LogP contribution is -2.14. The van der Waals surface area contributed by atoms with Gasteiger partial charge in [-0.15, -0.1) is 0 Å². The van der Waals surface area contributed by atoms with Crippen LogP contribution in [-0.2, 0) is 0 Å². The van der Waals surface area contributed by atoms with Crippen LogP contribution in [0.1, 0.15) is 50.0 Å². The van der Waals surface area contributed by atoms with Gasteiger partial charge in [0.25, 0.3) is 0 Å². The number of benzene rings is 1. The molecule has 98 valence electrons. The molecule has 1 unspecified atom stereocenters. The molecular weight excluding hydrogens is 222 g/mol. The third-order valence-corrected chi connectivity index (χ3v) is 4.36. The van der Waals surface area contributed by atoms with E-state index in [0.717, 1.165) is 18.2 Å². The zero-order chi connectivity index (χ0) is 12.4. The number of hydrogen-bond acceptors (Lipinski definition) is 2. The van der Waals surface area contributed by atoms with Crippen molar-refractivity contribution in [2.24, 2.45) is 11.7 Å². The smallest absolute Gasteiger partial charge is 0.119 e. The van der Waals surface area contributed by atoms with Crippen molar-refractivity contribution in [1.29, 1.82) is 0 Å². The van der Waals surface area contributed by atoms with Crippen LogP contribution in [-0.4, -0.2) is 12.6 Å². The van der Waals surface area contributed by atoms with Crippen LogP contribution in [0.2, 0.25) is 0 Å². The molecule has 1 aromatic carbocycles. The summed E-state index contributed by atoms with van der Waals surface area (Å²) >= 11 is 0. The van der Waals surface area contributed by atoms with Gasteiger partial charge in [-0.3, -0.25) is 0 Å². The molecule has 0 radical (unpaired) electrons. The van der Waals surface area contributed by atoms with Crippen LogP contribution >= 0.6 is 0 Å². The molecule has 2 N–H and O–H groups in total. The normalized spacial score (nSPS) is 22.1. The predicted octanol–water partition coefficient (Wildman–Crippen LogP) is 3.46. The molecule has 2 heteroatoms. The fourth-order valence-electron chi connectivity index (χ4n) is 3.09. The lowest BCUT2D eigenvalue weighted by atomic mass is 9.94. The molecule has 1 atom stereocenters. The maximum Gasteiger partial charge on any atom is 0.119 e. The maximum atomic E-state index is 5.99. The van der Waals surface area contributed by atoms with Gasteiger partial charge in [0.05, 0.1) is 6.10 Å². The van der Waals surface area contributed by atoms with Crippen LogP contribution in [0.5, 0.6) is 5.75 Å². The Morgan fingerprint density at radius 2 is 1.72 bits per heavy atom. The highest BCUT2D eigenvalue weighted by atomic mass is 16.5. The van der Waals surface area contributed by atoms with E-state index in [-0.39, 0.29) is 0 Å². The van der Waals surface area contributed by atoms with Gasteiger partial charge >= 0.3 is 0 Å². The van der Waals surface area contributed by atoms with Gasteiger partial charge in [0.15, 0.2) is 0 Å². The van der Waals surface area contributed by atoms with E-state index >= 15 is 0 Å². The lowest BCUT2D eigenvalue weighted by Gasteiger charge is -2.16. The molecule has 1 aromatic rings. The second-order valence-corrected chi connectivity index (χ2v) is 5.77. The summed E-state index contributed by atoms with van der Waals surface area (Å²) < 4.78 is 5.99. The molecule has 0 aromatic heterocycles. The molecule has 2 saturated carbocycles. The van der Waals surface area contributed by atoms with Gasteiger partial charge in [0.1, 0.15) is 5.75 Å². The molecule has 2 aliphatic carbocycles. The van der Waals surface area contributed by atoms with Gasteiger partial charge in [-0.1, -0.05) is 12.1 Å². The van der Waals surface area contributed by atoms with E-state index in [0.29, 0.717) is 12.0 Å². The molecular formula is C16H23NO.